The molecule has 0 aliphatic heterocycles. The van der Waals surface area contributed by atoms with Gasteiger partial charge in [0.2, 0.25) is 5.91 Å². The first kappa shape index (κ1) is 18.7. The Morgan fingerprint density at radius 2 is 2.11 bits per heavy atom. The maximum Gasteiger partial charge on any atom is 0.234 e. The highest BCUT2D eigenvalue weighted by molar-refractivity contribution is 8.00. The van der Waals surface area contributed by atoms with Crippen molar-refractivity contribution in [3.05, 3.63) is 59.9 Å². The summed E-state index contributed by atoms with van der Waals surface area (Å²) in [7, 11) is 0. The van der Waals surface area contributed by atoms with Crippen molar-refractivity contribution in [1.82, 2.24) is 4.98 Å². The van der Waals surface area contributed by atoms with Gasteiger partial charge in [0, 0.05) is 11.5 Å². The number of carbonyl (C=O) groups is 1. The molecule has 0 saturated carbocycles. The van der Waals surface area contributed by atoms with Gasteiger partial charge in [-0.3, -0.25) is 4.79 Å². The molecular weight excluding hydrogens is 365 g/mol. The van der Waals surface area contributed by atoms with Crippen molar-refractivity contribution >= 4 is 34.3 Å². The van der Waals surface area contributed by atoms with Crippen LogP contribution in [0.2, 0.25) is 0 Å². The molecule has 0 unspecified atom stereocenters. The average molecular weight is 381 g/mol. The lowest BCUT2D eigenvalue weighted by molar-refractivity contribution is -0.113. The van der Waals surface area contributed by atoms with Gasteiger partial charge >= 0.3 is 0 Å². The van der Waals surface area contributed by atoms with Crippen LogP contribution in [0, 0.1) is 17.1 Å². The van der Waals surface area contributed by atoms with Crippen LogP contribution in [0.4, 0.5) is 10.1 Å². The second kappa shape index (κ2) is 8.52. The Labute approximate surface area is 160 Å². The summed E-state index contributed by atoms with van der Waals surface area (Å²) in [6.07, 6.45) is 0. The zero-order valence-corrected chi connectivity index (χ0v) is 15.3. The number of benzene rings is 2. The number of rotatable bonds is 6. The first-order valence-electron chi connectivity index (χ1n) is 8.25. The number of halogens is 1. The highest BCUT2D eigenvalue weighted by atomic mass is 32.2. The van der Waals surface area contributed by atoms with Gasteiger partial charge in [0.15, 0.2) is 0 Å². The van der Waals surface area contributed by atoms with Crippen molar-refractivity contribution < 1.29 is 13.9 Å². The molecule has 3 aromatic rings. The van der Waals surface area contributed by atoms with E-state index >= 15 is 0 Å². The first-order chi connectivity index (χ1) is 13.1. The predicted octanol–water partition coefficient (Wildman–Crippen LogP) is 4.38. The van der Waals surface area contributed by atoms with Crippen molar-refractivity contribution in [3.8, 4) is 11.8 Å². The molecule has 0 aliphatic carbocycles. The Balaban J connectivity index is 1.77. The number of pyridine rings is 1. The minimum absolute atomic E-state index is 0.00662. The van der Waals surface area contributed by atoms with Crippen molar-refractivity contribution in [2.75, 3.05) is 17.7 Å². The molecule has 0 saturated heterocycles. The molecule has 0 spiro atoms. The molecule has 3 rings (SSSR count). The van der Waals surface area contributed by atoms with E-state index < -0.39 is 5.82 Å². The average Bonchev–Trinajstić information content (AvgIpc) is 2.67. The number of anilines is 1. The molecule has 1 heterocycles. The smallest absolute Gasteiger partial charge is 0.234 e. The number of aromatic nitrogens is 1. The van der Waals surface area contributed by atoms with Gasteiger partial charge in [-0.05, 0) is 37.3 Å². The number of para-hydroxylation sites is 1. The molecular formula is C20H16FN3O2S. The highest BCUT2D eigenvalue weighted by Gasteiger charge is 2.12. The molecule has 0 aliphatic rings. The summed E-state index contributed by atoms with van der Waals surface area (Å²) in [5, 5.41) is 13.2. The minimum Gasteiger partial charge on any atom is -0.494 e. The second-order valence-corrected chi connectivity index (χ2v) is 6.52. The summed E-state index contributed by atoms with van der Waals surface area (Å²) in [6.45, 7) is 2.44. The molecule has 27 heavy (non-hydrogen) atoms. The number of hydrogen-bond acceptors (Lipinski definition) is 5. The van der Waals surface area contributed by atoms with E-state index in [0.717, 1.165) is 17.1 Å². The molecule has 1 amide bonds. The lowest BCUT2D eigenvalue weighted by Gasteiger charge is -2.09. The van der Waals surface area contributed by atoms with Crippen LogP contribution in [-0.4, -0.2) is 23.3 Å². The number of ether oxygens (including phenoxy) is 1. The van der Waals surface area contributed by atoms with E-state index in [0.29, 0.717) is 28.5 Å². The molecule has 136 valence electrons. The number of nitrogens with zero attached hydrogens (tertiary/aromatic N) is 2. The topological polar surface area (TPSA) is 75.0 Å². The van der Waals surface area contributed by atoms with Gasteiger partial charge in [-0.1, -0.05) is 23.9 Å². The lowest BCUT2D eigenvalue weighted by Crippen LogP contribution is -2.15. The summed E-state index contributed by atoms with van der Waals surface area (Å²) in [5.74, 6) is -0.178. The standard InChI is InChI=1S/C20H16FN3O2S/c1-2-26-15-8-7-13-9-14(11-22)20(24-18(13)10-15)27-12-19(25)23-17-6-4-3-5-16(17)21/h3-10H,2,12H2,1H3,(H,23,25). The van der Waals surface area contributed by atoms with E-state index in [1.54, 1.807) is 24.3 Å². The van der Waals surface area contributed by atoms with Crippen LogP contribution in [0.25, 0.3) is 10.9 Å². The fourth-order valence-corrected chi connectivity index (χ4v) is 3.22. The Kier molecular flexibility index (Phi) is 5.89. The Bertz CT molecular complexity index is 1030. The largest absolute Gasteiger partial charge is 0.494 e. The zero-order valence-electron chi connectivity index (χ0n) is 14.5. The van der Waals surface area contributed by atoms with Crippen LogP contribution >= 0.6 is 11.8 Å². The molecule has 0 fully saturated rings. The van der Waals surface area contributed by atoms with Crippen LogP contribution in [0.15, 0.2) is 53.6 Å². The van der Waals surface area contributed by atoms with E-state index in [1.807, 2.05) is 19.1 Å². The highest BCUT2D eigenvalue weighted by Crippen LogP contribution is 2.27. The Hall–Kier alpha value is -3.11. The minimum atomic E-state index is -0.499. The molecule has 7 heteroatoms. The Morgan fingerprint density at radius 1 is 1.30 bits per heavy atom. The summed E-state index contributed by atoms with van der Waals surface area (Å²) < 4.78 is 19.1. The van der Waals surface area contributed by atoms with Crippen molar-refractivity contribution in [3.63, 3.8) is 0 Å². The molecule has 0 atom stereocenters. The zero-order chi connectivity index (χ0) is 19.2. The normalized spacial score (nSPS) is 10.4. The summed E-state index contributed by atoms with van der Waals surface area (Å²) >= 11 is 1.13. The van der Waals surface area contributed by atoms with E-state index in [4.69, 9.17) is 4.74 Å². The van der Waals surface area contributed by atoms with Crippen LogP contribution < -0.4 is 10.1 Å². The van der Waals surface area contributed by atoms with Gasteiger partial charge in [0.25, 0.3) is 0 Å². The first-order valence-corrected chi connectivity index (χ1v) is 9.24. The van der Waals surface area contributed by atoms with Crippen molar-refractivity contribution in [2.24, 2.45) is 0 Å². The van der Waals surface area contributed by atoms with Gasteiger partial charge in [-0.15, -0.1) is 0 Å². The van der Waals surface area contributed by atoms with Crippen molar-refractivity contribution in [1.29, 1.82) is 5.26 Å². The fraction of sp³-hybridized carbons (Fsp3) is 0.150. The maximum absolute atomic E-state index is 13.6. The Morgan fingerprint density at radius 3 is 2.85 bits per heavy atom. The van der Waals surface area contributed by atoms with E-state index in [1.165, 1.54) is 12.1 Å². The molecule has 1 N–H and O–H groups in total. The third-order valence-corrected chi connectivity index (χ3v) is 4.66. The predicted molar refractivity (Wildman–Crippen MR) is 103 cm³/mol. The van der Waals surface area contributed by atoms with Gasteiger partial charge in [0.05, 0.1) is 29.1 Å². The summed E-state index contributed by atoms with van der Waals surface area (Å²) in [5.41, 5.74) is 1.18. The number of nitriles is 1. The molecule has 1 aromatic heterocycles. The van der Waals surface area contributed by atoms with E-state index in [2.05, 4.69) is 16.4 Å². The third kappa shape index (κ3) is 4.54. The monoisotopic (exact) mass is 381 g/mol. The van der Waals surface area contributed by atoms with Gasteiger partial charge in [-0.25, -0.2) is 9.37 Å². The molecule has 0 radical (unpaired) electrons. The number of amides is 1. The van der Waals surface area contributed by atoms with Gasteiger partial charge in [0.1, 0.15) is 22.7 Å². The van der Waals surface area contributed by atoms with Crippen LogP contribution in [-0.2, 0) is 4.79 Å². The number of carbonyl (C=O) groups excluding carboxylic acids is 1. The number of thioether (sulfide) groups is 1. The molecule has 5 nitrogen and oxygen atoms in total. The van der Waals surface area contributed by atoms with E-state index in [-0.39, 0.29) is 17.3 Å². The summed E-state index contributed by atoms with van der Waals surface area (Å²) in [6, 6.07) is 15.2. The fourth-order valence-electron chi connectivity index (χ4n) is 2.46. The van der Waals surface area contributed by atoms with E-state index in [9.17, 15) is 14.4 Å². The van der Waals surface area contributed by atoms with Gasteiger partial charge in [-0.2, -0.15) is 5.26 Å². The maximum atomic E-state index is 13.6. The quantitative estimate of drug-likeness (QED) is 0.642. The molecule has 0 bridgehead atoms. The molecule has 2 aromatic carbocycles. The number of hydrogen-bond donors (Lipinski definition) is 1. The third-order valence-electron chi connectivity index (χ3n) is 3.67. The van der Waals surface area contributed by atoms with Crippen LogP contribution in [0.1, 0.15) is 12.5 Å². The van der Waals surface area contributed by atoms with Gasteiger partial charge < -0.3 is 10.1 Å². The van der Waals surface area contributed by atoms with Crippen LogP contribution in [0.5, 0.6) is 5.75 Å². The number of nitrogens with one attached hydrogen (secondary N) is 1. The lowest BCUT2D eigenvalue weighted by atomic mass is 10.1. The SMILES string of the molecule is CCOc1ccc2cc(C#N)c(SCC(=O)Nc3ccccc3F)nc2c1. The second-order valence-electron chi connectivity index (χ2n) is 5.56. The van der Waals surface area contributed by atoms with Crippen LogP contribution in [0.3, 0.4) is 0 Å². The van der Waals surface area contributed by atoms with Crippen molar-refractivity contribution in [2.45, 2.75) is 11.9 Å². The number of fused-ring (bicyclic) bond motifs is 1. The summed E-state index contributed by atoms with van der Waals surface area (Å²) in [4.78, 5) is 16.6.